The van der Waals surface area contributed by atoms with Gasteiger partial charge in [0.15, 0.2) is 0 Å². The van der Waals surface area contributed by atoms with E-state index in [9.17, 15) is 9.59 Å². The molecule has 1 amide bonds. The van der Waals surface area contributed by atoms with Crippen molar-refractivity contribution in [3.63, 3.8) is 0 Å². The van der Waals surface area contributed by atoms with Gasteiger partial charge in [0.05, 0.1) is 39.9 Å². The van der Waals surface area contributed by atoms with E-state index in [1.807, 2.05) is 0 Å². The van der Waals surface area contributed by atoms with Crippen LogP contribution in [0, 0.1) is 0 Å². The molecule has 1 fully saturated rings. The van der Waals surface area contributed by atoms with Crippen LogP contribution in [0.1, 0.15) is 16.8 Å². The summed E-state index contributed by atoms with van der Waals surface area (Å²) in [5, 5.41) is 8.96. The number of hydrogen-bond donors (Lipinski definition) is 1. The third kappa shape index (κ3) is 3.45. The molecular formula is C14H18N2O6. The van der Waals surface area contributed by atoms with Gasteiger partial charge in [-0.1, -0.05) is 0 Å². The Labute approximate surface area is 127 Å². The molecule has 22 heavy (non-hydrogen) atoms. The second-order valence-electron chi connectivity index (χ2n) is 4.74. The van der Waals surface area contributed by atoms with Gasteiger partial charge in [0.1, 0.15) is 5.56 Å². The first-order valence-electron chi connectivity index (χ1n) is 6.76. The van der Waals surface area contributed by atoms with Gasteiger partial charge in [-0.05, 0) is 6.07 Å². The van der Waals surface area contributed by atoms with Crippen LogP contribution in [-0.2, 0) is 9.53 Å². The van der Waals surface area contributed by atoms with Crippen molar-refractivity contribution in [2.75, 3.05) is 34.0 Å². The quantitative estimate of drug-likeness (QED) is 0.841. The number of morpholine rings is 1. The number of aromatic nitrogens is 1. The zero-order chi connectivity index (χ0) is 16.1. The van der Waals surface area contributed by atoms with Crippen LogP contribution in [0.25, 0.3) is 0 Å². The summed E-state index contributed by atoms with van der Waals surface area (Å²) < 4.78 is 15.4. The lowest BCUT2D eigenvalue weighted by Crippen LogP contribution is -2.49. The number of carbonyl (C=O) groups excluding carboxylic acids is 1. The van der Waals surface area contributed by atoms with E-state index in [0.717, 1.165) is 0 Å². The highest BCUT2D eigenvalue weighted by molar-refractivity contribution is 5.97. The molecule has 120 valence electrons. The number of nitrogens with zero attached hydrogens (tertiary/aromatic N) is 2. The van der Waals surface area contributed by atoms with Crippen molar-refractivity contribution >= 4 is 11.9 Å². The summed E-state index contributed by atoms with van der Waals surface area (Å²) in [6.07, 6.45) is -0.169. The lowest BCUT2D eigenvalue weighted by molar-refractivity contribution is -0.139. The maximum atomic E-state index is 12.7. The van der Waals surface area contributed by atoms with Crippen LogP contribution in [0.5, 0.6) is 11.8 Å². The van der Waals surface area contributed by atoms with Crippen LogP contribution >= 0.6 is 0 Å². The van der Waals surface area contributed by atoms with Crippen LogP contribution in [0.15, 0.2) is 12.1 Å². The number of carbonyl (C=O) groups is 2. The van der Waals surface area contributed by atoms with Crippen molar-refractivity contribution in [3.05, 3.63) is 17.7 Å². The van der Waals surface area contributed by atoms with E-state index < -0.39 is 12.0 Å². The summed E-state index contributed by atoms with van der Waals surface area (Å²) >= 11 is 0. The average Bonchev–Trinajstić information content (AvgIpc) is 2.53. The summed E-state index contributed by atoms with van der Waals surface area (Å²) in [6.45, 7) is 0.893. The molecule has 1 aromatic rings. The van der Waals surface area contributed by atoms with Gasteiger partial charge >= 0.3 is 5.97 Å². The lowest BCUT2D eigenvalue weighted by Gasteiger charge is -2.35. The Morgan fingerprint density at radius 3 is 2.82 bits per heavy atom. The third-order valence-corrected chi connectivity index (χ3v) is 3.37. The van der Waals surface area contributed by atoms with E-state index in [4.69, 9.17) is 19.3 Å². The van der Waals surface area contributed by atoms with Gasteiger partial charge in [-0.3, -0.25) is 9.59 Å². The first-order chi connectivity index (χ1) is 10.6. The average molecular weight is 310 g/mol. The molecule has 8 nitrogen and oxygen atoms in total. The van der Waals surface area contributed by atoms with Crippen LogP contribution in [0.4, 0.5) is 0 Å². The SMILES string of the molecule is COc1ccc(C(=O)N2CCOC[C@@H]2CC(=O)O)c(OC)n1. The van der Waals surface area contributed by atoms with Gasteiger partial charge in [0.2, 0.25) is 11.8 Å². The standard InChI is InChI=1S/C14H18N2O6/c1-20-11-4-3-10(13(15-11)21-2)14(19)16-5-6-22-8-9(16)7-12(17)18/h3-4,9H,5-8H2,1-2H3,(H,17,18)/t9-/m0/s1. The Morgan fingerprint density at radius 1 is 1.41 bits per heavy atom. The van der Waals surface area contributed by atoms with E-state index in [2.05, 4.69) is 4.98 Å². The smallest absolute Gasteiger partial charge is 0.305 e. The molecule has 0 bridgehead atoms. The van der Waals surface area contributed by atoms with Crippen molar-refractivity contribution in [3.8, 4) is 11.8 Å². The Bertz CT molecular complexity index is 562. The molecule has 0 radical (unpaired) electrons. The van der Waals surface area contributed by atoms with Gasteiger partial charge in [-0.2, -0.15) is 4.98 Å². The summed E-state index contributed by atoms with van der Waals surface area (Å²) in [5.74, 6) is -0.836. The van der Waals surface area contributed by atoms with Gasteiger partial charge in [0, 0.05) is 12.6 Å². The third-order valence-electron chi connectivity index (χ3n) is 3.37. The minimum absolute atomic E-state index is 0.143. The molecule has 1 atom stereocenters. The number of rotatable bonds is 5. The monoisotopic (exact) mass is 310 g/mol. The van der Waals surface area contributed by atoms with E-state index >= 15 is 0 Å². The molecule has 1 N–H and O–H groups in total. The topological polar surface area (TPSA) is 98.2 Å². The Hall–Kier alpha value is -2.35. The molecule has 1 saturated heterocycles. The Balaban J connectivity index is 2.26. The van der Waals surface area contributed by atoms with Gasteiger partial charge in [0.25, 0.3) is 5.91 Å². The first-order valence-corrected chi connectivity index (χ1v) is 6.76. The number of ether oxygens (including phenoxy) is 3. The predicted octanol–water partition coefficient (Wildman–Crippen LogP) is 0.414. The lowest BCUT2D eigenvalue weighted by atomic mass is 10.1. The summed E-state index contributed by atoms with van der Waals surface area (Å²) in [5.41, 5.74) is 0.264. The number of carboxylic acid groups (broad SMARTS) is 1. The second-order valence-corrected chi connectivity index (χ2v) is 4.74. The van der Waals surface area contributed by atoms with Crippen molar-refractivity contribution in [2.45, 2.75) is 12.5 Å². The molecule has 0 saturated carbocycles. The van der Waals surface area contributed by atoms with Crippen molar-refractivity contribution < 1.29 is 28.9 Å². The number of carboxylic acids is 1. The van der Waals surface area contributed by atoms with Crippen molar-refractivity contribution in [1.29, 1.82) is 0 Å². The number of methoxy groups -OCH3 is 2. The maximum absolute atomic E-state index is 12.7. The highest BCUT2D eigenvalue weighted by Gasteiger charge is 2.31. The van der Waals surface area contributed by atoms with Gasteiger partial charge in [-0.25, -0.2) is 0 Å². The molecule has 8 heteroatoms. The minimum atomic E-state index is -0.979. The fourth-order valence-electron chi connectivity index (χ4n) is 2.30. The number of aliphatic carboxylic acids is 1. The zero-order valence-corrected chi connectivity index (χ0v) is 12.4. The van der Waals surface area contributed by atoms with E-state index in [1.165, 1.54) is 19.1 Å². The van der Waals surface area contributed by atoms with Gasteiger partial charge in [-0.15, -0.1) is 0 Å². The van der Waals surface area contributed by atoms with Crippen molar-refractivity contribution in [2.24, 2.45) is 0 Å². The van der Waals surface area contributed by atoms with Gasteiger partial charge < -0.3 is 24.2 Å². The summed E-state index contributed by atoms with van der Waals surface area (Å²) in [7, 11) is 2.88. The second kappa shape index (κ2) is 7.08. The van der Waals surface area contributed by atoms with E-state index in [-0.39, 0.29) is 30.4 Å². The van der Waals surface area contributed by atoms with Crippen LogP contribution in [0.2, 0.25) is 0 Å². The van der Waals surface area contributed by atoms with Crippen LogP contribution in [0.3, 0.4) is 0 Å². The van der Waals surface area contributed by atoms with Crippen molar-refractivity contribution in [1.82, 2.24) is 9.88 Å². The predicted molar refractivity (Wildman–Crippen MR) is 75.2 cm³/mol. The molecule has 2 rings (SSSR count). The molecular weight excluding hydrogens is 292 g/mol. The normalized spacial score (nSPS) is 17.9. The molecule has 0 aliphatic carbocycles. The maximum Gasteiger partial charge on any atom is 0.305 e. The van der Waals surface area contributed by atoms with E-state index in [0.29, 0.717) is 19.0 Å². The largest absolute Gasteiger partial charge is 0.481 e. The summed E-state index contributed by atoms with van der Waals surface area (Å²) in [6, 6.07) is 2.61. The fraction of sp³-hybridized carbons (Fsp3) is 0.500. The molecule has 1 aliphatic rings. The van der Waals surface area contributed by atoms with Crippen LogP contribution in [-0.4, -0.2) is 66.9 Å². The minimum Gasteiger partial charge on any atom is -0.481 e. The Kier molecular flexibility index (Phi) is 5.16. The number of pyridine rings is 1. The first kappa shape index (κ1) is 16.0. The highest BCUT2D eigenvalue weighted by atomic mass is 16.5. The zero-order valence-electron chi connectivity index (χ0n) is 12.4. The molecule has 0 unspecified atom stereocenters. The fourth-order valence-corrected chi connectivity index (χ4v) is 2.30. The Morgan fingerprint density at radius 2 is 2.18 bits per heavy atom. The molecule has 0 spiro atoms. The number of hydrogen-bond acceptors (Lipinski definition) is 6. The number of amides is 1. The molecule has 2 heterocycles. The van der Waals surface area contributed by atoms with Crippen LogP contribution < -0.4 is 9.47 Å². The summed E-state index contributed by atoms with van der Waals surface area (Å²) in [4.78, 5) is 29.2. The molecule has 1 aromatic heterocycles. The highest BCUT2D eigenvalue weighted by Crippen LogP contribution is 2.23. The molecule has 1 aliphatic heterocycles. The van der Waals surface area contributed by atoms with E-state index in [1.54, 1.807) is 12.1 Å². The molecule has 0 aromatic carbocycles.